The number of rotatable bonds is 4. The number of carbonyl (C=O) groups excluding carboxylic acids is 2. The summed E-state index contributed by atoms with van der Waals surface area (Å²) in [5.74, 6) is -0.853. The number of nitrogen functional groups attached to an aromatic ring is 1. The van der Waals surface area contributed by atoms with E-state index in [0.29, 0.717) is 6.54 Å². The average molecular weight is 298 g/mol. The molecule has 3 N–H and O–H groups in total. The highest BCUT2D eigenvalue weighted by molar-refractivity contribution is 6.04. The van der Waals surface area contributed by atoms with Crippen LogP contribution >= 0.6 is 0 Å². The number of amides is 1. The van der Waals surface area contributed by atoms with Crippen molar-refractivity contribution >= 4 is 17.4 Å². The molecule has 0 atom stereocenters. The second kappa shape index (κ2) is 6.30. The van der Waals surface area contributed by atoms with Gasteiger partial charge in [0.2, 0.25) is 0 Å². The van der Waals surface area contributed by atoms with Crippen molar-refractivity contribution in [1.82, 2.24) is 4.90 Å². The molecule has 0 saturated heterocycles. The third-order valence-electron chi connectivity index (χ3n) is 3.39. The normalized spacial score (nSPS) is 10.3. The number of hydrogen-bond acceptors (Lipinski definition) is 4. The molecular formula is C17H18N2O3. The van der Waals surface area contributed by atoms with Gasteiger partial charge in [0.25, 0.3) is 5.91 Å². The zero-order chi connectivity index (χ0) is 16.3. The van der Waals surface area contributed by atoms with E-state index in [1.807, 2.05) is 30.3 Å². The molecule has 0 aliphatic rings. The number of phenolic OH excluding ortho intramolecular Hbond substituents is 1. The molecule has 2 aromatic rings. The second-order valence-electron chi connectivity index (χ2n) is 5.16. The molecule has 0 unspecified atom stereocenters. The molecule has 0 radical (unpaired) electrons. The number of nitrogens with zero attached hydrogens (tertiary/aromatic N) is 1. The van der Waals surface area contributed by atoms with Crippen LogP contribution in [0.2, 0.25) is 0 Å². The number of benzene rings is 2. The number of Topliss-reactive ketones (excluding diaryl/α,β-unsaturated/α-hetero) is 1. The van der Waals surface area contributed by atoms with Gasteiger partial charge in [-0.25, -0.2) is 0 Å². The molecule has 0 aliphatic carbocycles. The molecule has 5 nitrogen and oxygen atoms in total. The number of anilines is 1. The zero-order valence-electron chi connectivity index (χ0n) is 12.5. The summed E-state index contributed by atoms with van der Waals surface area (Å²) >= 11 is 0. The summed E-state index contributed by atoms with van der Waals surface area (Å²) in [6.45, 7) is 1.77. The Balaban J connectivity index is 2.29. The molecule has 2 rings (SSSR count). The SMILES string of the molecule is CC(=O)c1cc(C(=O)N(C)Cc2ccccc2)c(O)cc1N. The molecule has 5 heteroatoms. The predicted molar refractivity (Wildman–Crippen MR) is 84.8 cm³/mol. The van der Waals surface area contributed by atoms with Crippen LogP contribution in [0.25, 0.3) is 0 Å². The van der Waals surface area contributed by atoms with E-state index < -0.39 is 0 Å². The van der Waals surface area contributed by atoms with E-state index in [2.05, 4.69) is 0 Å². The fourth-order valence-corrected chi connectivity index (χ4v) is 2.22. The summed E-state index contributed by atoms with van der Waals surface area (Å²) in [4.78, 5) is 25.5. The first-order valence-corrected chi connectivity index (χ1v) is 6.83. The minimum Gasteiger partial charge on any atom is -0.507 e. The van der Waals surface area contributed by atoms with Gasteiger partial charge < -0.3 is 15.7 Å². The number of carbonyl (C=O) groups is 2. The molecular weight excluding hydrogens is 280 g/mol. The Morgan fingerprint density at radius 3 is 2.36 bits per heavy atom. The minimum atomic E-state index is -0.371. The van der Waals surface area contributed by atoms with Gasteiger partial charge in [0.15, 0.2) is 5.78 Å². The third-order valence-corrected chi connectivity index (χ3v) is 3.39. The fourth-order valence-electron chi connectivity index (χ4n) is 2.22. The lowest BCUT2D eigenvalue weighted by Gasteiger charge is -2.18. The molecule has 2 aromatic carbocycles. The lowest BCUT2D eigenvalue weighted by Crippen LogP contribution is -2.26. The average Bonchev–Trinajstić information content (AvgIpc) is 2.47. The molecule has 0 bridgehead atoms. The smallest absolute Gasteiger partial charge is 0.257 e. The molecule has 114 valence electrons. The van der Waals surface area contributed by atoms with Crippen LogP contribution in [0.4, 0.5) is 5.69 Å². The van der Waals surface area contributed by atoms with Crippen LogP contribution in [-0.4, -0.2) is 28.7 Å². The molecule has 0 spiro atoms. The van der Waals surface area contributed by atoms with Crippen molar-refractivity contribution in [3.63, 3.8) is 0 Å². The van der Waals surface area contributed by atoms with Gasteiger partial charge in [-0.05, 0) is 18.6 Å². The van der Waals surface area contributed by atoms with Crippen LogP contribution in [0, 0.1) is 0 Å². The van der Waals surface area contributed by atoms with Crippen molar-refractivity contribution in [2.24, 2.45) is 0 Å². The van der Waals surface area contributed by atoms with Crippen LogP contribution in [0.15, 0.2) is 42.5 Å². The molecule has 0 saturated carbocycles. The van der Waals surface area contributed by atoms with Gasteiger partial charge >= 0.3 is 0 Å². The van der Waals surface area contributed by atoms with Crippen molar-refractivity contribution < 1.29 is 14.7 Å². The molecule has 0 aromatic heterocycles. The highest BCUT2D eigenvalue weighted by Gasteiger charge is 2.19. The second-order valence-corrected chi connectivity index (χ2v) is 5.16. The Bertz CT molecular complexity index is 711. The van der Waals surface area contributed by atoms with E-state index in [9.17, 15) is 14.7 Å². The highest BCUT2D eigenvalue weighted by atomic mass is 16.3. The first-order valence-electron chi connectivity index (χ1n) is 6.83. The summed E-state index contributed by atoms with van der Waals surface area (Å²) in [5.41, 5.74) is 7.12. The Morgan fingerprint density at radius 2 is 1.77 bits per heavy atom. The Hall–Kier alpha value is -2.82. The van der Waals surface area contributed by atoms with E-state index in [0.717, 1.165) is 5.56 Å². The maximum Gasteiger partial charge on any atom is 0.257 e. The fraction of sp³-hybridized carbons (Fsp3) is 0.176. The van der Waals surface area contributed by atoms with Crippen LogP contribution in [0.1, 0.15) is 33.2 Å². The van der Waals surface area contributed by atoms with E-state index in [4.69, 9.17) is 5.73 Å². The van der Waals surface area contributed by atoms with Gasteiger partial charge in [0.05, 0.1) is 5.56 Å². The summed E-state index contributed by atoms with van der Waals surface area (Å²) in [5, 5.41) is 9.94. The van der Waals surface area contributed by atoms with E-state index >= 15 is 0 Å². The number of phenols is 1. The quantitative estimate of drug-likeness (QED) is 0.671. The van der Waals surface area contributed by atoms with Gasteiger partial charge in [-0.2, -0.15) is 0 Å². The Morgan fingerprint density at radius 1 is 1.14 bits per heavy atom. The standard InChI is InChI=1S/C17H18N2O3/c1-11(20)13-8-14(16(21)9-15(13)18)17(22)19(2)10-12-6-4-3-5-7-12/h3-9,21H,10,18H2,1-2H3. The molecule has 22 heavy (non-hydrogen) atoms. The maximum atomic E-state index is 12.5. The van der Waals surface area contributed by atoms with Gasteiger partial charge in [-0.15, -0.1) is 0 Å². The van der Waals surface area contributed by atoms with Crippen molar-refractivity contribution in [3.8, 4) is 5.75 Å². The lowest BCUT2D eigenvalue weighted by molar-refractivity contribution is 0.0782. The number of hydrogen-bond donors (Lipinski definition) is 2. The topological polar surface area (TPSA) is 83.6 Å². The maximum absolute atomic E-state index is 12.5. The van der Waals surface area contributed by atoms with Crippen molar-refractivity contribution in [2.45, 2.75) is 13.5 Å². The first kappa shape index (κ1) is 15.6. The van der Waals surface area contributed by atoms with Gasteiger partial charge in [-0.3, -0.25) is 9.59 Å². The lowest BCUT2D eigenvalue weighted by atomic mass is 10.0. The van der Waals surface area contributed by atoms with Crippen molar-refractivity contribution in [2.75, 3.05) is 12.8 Å². The number of nitrogens with two attached hydrogens (primary N) is 1. The van der Waals surface area contributed by atoms with E-state index in [1.165, 1.54) is 24.0 Å². The Kier molecular flexibility index (Phi) is 4.46. The zero-order valence-corrected chi connectivity index (χ0v) is 12.5. The molecule has 1 amide bonds. The molecule has 0 fully saturated rings. The van der Waals surface area contributed by atoms with E-state index in [1.54, 1.807) is 7.05 Å². The summed E-state index contributed by atoms with van der Waals surface area (Å²) < 4.78 is 0. The van der Waals surface area contributed by atoms with Crippen LogP contribution in [-0.2, 0) is 6.54 Å². The number of ketones is 1. The summed E-state index contributed by atoms with van der Waals surface area (Å²) in [7, 11) is 1.64. The molecule has 0 aliphatic heterocycles. The monoisotopic (exact) mass is 298 g/mol. The van der Waals surface area contributed by atoms with E-state index in [-0.39, 0.29) is 34.3 Å². The largest absolute Gasteiger partial charge is 0.507 e. The minimum absolute atomic E-state index is 0.0674. The summed E-state index contributed by atoms with van der Waals surface area (Å²) in [6.07, 6.45) is 0. The predicted octanol–water partition coefficient (Wildman–Crippen LogP) is 2.45. The van der Waals surface area contributed by atoms with Crippen molar-refractivity contribution in [1.29, 1.82) is 0 Å². The molecule has 0 heterocycles. The first-order chi connectivity index (χ1) is 10.4. The van der Waals surface area contributed by atoms with Gasteiger partial charge in [-0.1, -0.05) is 30.3 Å². The Labute approximate surface area is 129 Å². The number of aromatic hydroxyl groups is 1. The summed E-state index contributed by atoms with van der Waals surface area (Å²) in [6, 6.07) is 12.1. The third kappa shape index (κ3) is 3.25. The van der Waals surface area contributed by atoms with Gasteiger partial charge in [0.1, 0.15) is 5.75 Å². The van der Waals surface area contributed by atoms with Gasteiger partial charge in [0, 0.05) is 30.9 Å². The van der Waals surface area contributed by atoms with Crippen molar-refractivity contribution in [3.05, 3.63) is 59.2 Å². The van der Waals surface area contributed by atoms with Crippen LogP contribution in [0.5, 0.6) is 5.75 Å². The van der Waals surface area contributed by atoms with Crippen LogP contribution in [0.3, 0.4) is 0 Å². The van der Waals surface area contributed by atoms with Crippen LogP contribution < -0.4 is 5.73 Å². The highest BCUT2D eigenvalue weighted by Crippen LogP contribution is 2.26.